The summed E-state index contributed by atoms with van der Waals surface area (Å²) in [5, 5.41) is 8.82. The Morgan fingerprint density at radius 2 is 2.06 bits per heavy atom. The Labute approximate surface area is 101 Å². The third-order valence-electron chi connectivity index (χ3n) is 2.14. The average Bonchev–Trinajstić information content (AvgIpc) is 2.25. The van der Waals surface area contributed by atoms with Gasteiger partial charge in [0.05, 0.1) is 5.69 Å². The van der Waals surface area contributed by atoms with Gasteiger partial charge in [-0.1, -0.05) is 0 Å². The van der Waals surface area contributed by atoms with E-state index in [2.05, 4.69) is 9.72 Å². The molecule has 0 aromatic carbocycles. The molecule has 3 nitrogen and oxygen atoms in total. The molecule has 7 heteroatoms. The van der Waals surface area contributed by atoms with Crippen LogP contribution in [0.4, 0.5) is 17.6 Å². The largest absolute Gasteiger partial charge is 0.486 e. The molecule has 1 aromatic heterocycles. The molecule has 0 saturated heterocycles. The smallest absolute Gasteiger partial charge is 0.340 e. The number of halogens is 4. The minimum absolute atomic E-state index is 0.0364. The lowest BCUT2D eigenvalue weighted by Crippen LogP contribution is -2.34. The maximum absolute atomic E-state index is 12.7. The Bertz CT molecular complexity index is 483. The van der Waals surface area contributed by atoms with Gasteiger partial charge in [0, 0.05) is 11.8 Å². The van der Waals surface area contributed by atoms with Crippen molar-refractivity contribution in [2.24, 2.45) is 0 Å². The first-order valence-corrected chi connectivity index (χ1v) is 4.95. The Kier molecular flexibility index (Phi) is 4.11. The lowest BCUT2D eigenvalue weighted by atomic mass is 10.2. The fourth-order valence-corrected chi connectivity index (χ4v) is 1.28. The van der Waals surface area contributed by atoms with Crippen molar-refractivity contribution >= 4 is 0 Å². The van der Waals surface area contributed by atoms with E-state index in [1.54, 1.807) is 13.0 Å². The highest BCUT2D eigenvalue weighted by atomic mass is 19.3. The molecule has 0 amide bonds. The summed E-state index contributed by atoms with van der Waals surface area (Å²) in [5.41, 5.74) is 0.709. The molecule has 0 fully saturated rings. The van der Waals surface area contributed by atoms with Crippen LogP contribution in [0.5, 0.6) is 5.75 Å². The summed E-state index contributed by atoms with van der Waals surface area (Å²) in [4.78, 5) is 3.95. The average molecular weight is 262 g/mol. The van der Waals surface area contributed by atoms with Crippen molar-refractivity contribution in [1.29, 1.82) is 5.26 Å². The summed E-state index contributed by atoms with van der Waals surface area (Å²) >= 11 is 0. The van der Waals surface area contributed by atoms with E-state index in [-0.39, 0.29) is 11.3 Å². The highest BCUT2D eigenvalue weighted by Gasteiger charge is 2.41. The van der Waals surface area contributed by atoms with Crippen molar-refractivity contribution in [1.82, 2.24) is 4.98 Å². The molecule has 0 atom stereocenters. The second kappa shape index (κ2) is 5.21. The molecule has 0 radical (unpaired) electrons. The first-order chi connectivity index (χ1) is 8.27. The molecule has 0 spiro atoms. The standard InChI is InChI=1S/C11H10F4N2O/c1-6-3-9(8(4-16)7(2)17-6)18-5-11(14,15)10(12)13/h3,10H,5H2,1-2H3. The van der Waals surface area contributed by atoms with Gasteiger partial charge in [-0.3, -0.25) is 4.98 Å². The summed E-state index contributed by atoms with van der Waals surface area (Å²) in [6.45, 7) is 1.60. The minimum atomic E-state index is -4.25. The number of hydrogen-bond acceptors (Lipinski definition) is 3. The molecular weight excluding hydrogens is 252 g/mol. The fourth-order valence-electron chi connectivity index (χ4n) is 1.28. The highest BCUT2D eigenvalue weighted by Crippen LogP contribution is 2.27. The van der Waals surface area contributed by atoms with Crippen molar-refractivity contribution in [2.45, 2.75) is 26.2 Å². The van der Waals surface area contributed by atoms with Gasteiger partial charge in [-0.2, -0.15) is 14.0 Å². The molecule has 0 bridgehead atoms. The normalized spacial score (nSPS) is 11.4. The van der Waals surface area contributed by atoms with E-state index in [1.807, 2.05) is 0 Å². The Morgan fingerprint density at radius 1 is 1.44 bits per heavy atom. The number of nitrogens with zero attached hydrogens (tertiary/aromatic N) is 2. The minimum Gasteiger partial charge on any atom is -0.486 e. The second-order valence-electron chi connectivity index (χ2n) is 3.68. The van der Waals surface area contributed by atoms with E-state index in [0.717, 1.165) is 0 Å². The second-order valence-corrected chi connectivity index (χ2v) is 3.68. The third-order valence-corrected chi connectivity index (χ3v) is 2.14. The van der Waals surface area contributed by atoms with E-state index in [0.29, 0.717) is 11.4 Å². The van der Waals surface area contributed by atoms with Crippen molar-refractivity contribution in [3.8, 4) is 11.8 Å². The van der Waals surface area contributed by atoms with E-state index in [4.69, 9.17) is 5.26 Å². The van der Waals surface area contributed by atoms with Gasteiger partial charge in [-0.25, -0.2) is 8.78 Å². The molecule has 1 heterocycles. The zero-order valence-corrected chi connectivity index (χ0v) is 9.68. The first kappa shape index (κ1) is 14.2. The summed E-state index contributed by atoms with van der Waals surface area (Å²) < 4.78 is 53.9. The van der Waals surface area contributed by atoms with Crippen LogP contribution in [0.15, 0.2) is 6.07 Å². The van der Waals surface area contributed by atoms with Crippen molar-refractivity contribution in [3.05, 3.63) is 23.0 Å². The Hall–Kier alpha value is -1.84. The number of hydrogen-bond donors (Lipinski definition) is 0. The van der Waals surface area contributed by atoms with Gasteiger partial charge in [0.25, 0.3) is 0 Å². The predicted octanol–water partition coefficient (Wildman–Crippen LogP) is 2.85. The van der Waals surface area contributed by atoms with Crippen molar-refractivity contribution < 1.29 is 22.3 Å². The summed E-state index contributed by atoms with van der Waals surface area (Å²) in [6.07, 6.45) is -3.81. The van der Waals surface area contributed by atoms with Crippen LogP contribution < -0.4 is 4.74 Å². The molecule has 18 heavy (non-hydrogen) atoms. The predicted molar refractivity (Wildman–Crippen MR) is 54.9 cm³/mol. The van der Waals surface area contributed by atoms with Gasteiger partial charge in [0.2, 0.25) is 0 Å². The van der Waals surface area contributed by atoms with Crippen LogP contribution in [0, 0.1) is 25.2 Å². The summed E-state index contributed by atoms with van der Waals surface area (Å²) in [5.74, 6) is -4.42. The topological polar surface area (TPSA) is 45.9 Å². The van der Waals surface area contributed by atoms with Crippen LogP contribution in [-0.2, 0) is 0 Å². The van der Waals surface area contributed by atoms with E-state index in [9.17, 15) is 17.6 Å². The fraction of sp³-hybridized carbons (Fsp3) is 0.455. The zero-order chi connectivity index (χ0) is 13.9. The summed E-state index contributed by atoms with van der Waals surface area (Å²) in [6, 6.07) is 2.99. The molecule has 1 aromatic rings. The molecule has 0 unspecified atom stereocenters. The monoisotopic (exact) mass is 262 g/mol. The number of pyridine rings is 1. The quantitative estimate of drug-likeness (QED) is 0.784. The van der Waals surface area contributed by atoms with Gasteiger partial charge in [-0.15, -0.1) is 0 Å². The first-order valence-electron chi connectivity index (χ1n) is 4.95. The highest BCUT2D eigenvalue weighted by molar-refractivity contribution is 5.46. The van der Waals surface area contributed by atoms with E-state index in [1.165, 1.54) is 13.0 Å². The van der Waals surface area contributed by atoms with Crippen LogP contribution in [-0.4, -0.2) is 23.9 Å². The molecule has 0 N–H and O–H groups in total. The van der Waals surface area contributed by atoms with E-state index < -0.39 is 19.0 Å². The molecule has 0 aliphatic carbocycles. The molecule has 0 aliphatic rings. The van der Waals surface area contributed by atoms with Gasteiger partial charge >= 0.3 is 12.3 Å². The van der Waals surface area contributed by atoms with Gasteiger partial charge < -0.3 is 4.74 Å². The maximum Gasteiger partial charge on any atom is 0.340 e. The number of aryl methyl sites for hydroxylation is 2. The number of alkyl halides is 4. The lowest BCUT2D eigenvalue weighted by molar-refractivity contribution is -0.148. The van der Waals surface area contributed by atoms with Crippen molar-refractivity contribution in [3.63, 3.8) is 0 Å². The third kappa shape index (κ3) is 3.09. The Morgan fingerprint density at radius 3 is 2.56 bits per heavy atom. The van der Waals surface area contributed by atoms with Crippen LogP contribution >= 0.6 is 0 Å². The zero-order valence-electron chi connectivity index (χ0n) is 9.68. The number of nitriles is 1. The van der Waals surface area contributed by atoms with Crippen LogP contribution in [0.3, 0.4) is 0 Å². The molecule has 0 saturated carbocycles. The van der Waals surface area contributed by atoms with Gasteiger partial charge in [0.1, 0.15) is 17.4 Å². The molecule has 0 aliphatic heterocycles. The van der Waals surface area contributed by atoms with Crippen LogP contribution in [0.1, 0.15) is 17.0 Å². The number of ether oxygens (including phenoxy) is 1. The SMILES string of the molecule is Cc1cc(OCC(F)(F)C(F)F)c(C#N)c(C)n1. The van der Waals surface area contributed by atoms with Crippen LogP contribution in [0.25, 0.3) is 0 Å². The maximum atomic E-state index is 12.7. The molecule has 98 valence electrons. The summed E-state index contributed by atoms with van der Waals surface area (Å²) in [7, 11) is 0. The molecule has 1 rings (SSSR count). The van der Waals surface area contributed by atoms with E-state index >= 15 is 0 Å². The van der Waals surface area contributed by atoms with Gasteiger partial charge in [-0.05, 0) is 13.8 Å². The van der Waals surface area contributed by atoms with Crippen LogP contribution in [0.2, 0.25) is 0 Å². The lowest BCUT2D eigenvalue weighted by Gasteiger charge is -2.17. The number of rotatable bonds is 4. The Balaban J connectivity index is 2.96. The van der Waals surface area contributed by atoms with Crippen molar-refractivity contribution in [2.75, 3.05) is 6.61 Å². The number of aromatic nitrogens is 1. The van der Waals surface area contributed by atoms with Gasteiger partial charge in [0.15, 0.2) is 6.61 Å². The molecular formula is C11H10F4N2O.